The van der Waals surface area contributed by atoms with Crippen LogP contribution in [-0.4, -0.2) is 12.6 Å². The van der Waals surface area contributed by atoms with Crippen molar-refractivity contribution in [3.8, 4) is 11.5 Å². The van der Waals surface area contributed by atoms with E-state index in [0.29, 0.717) is 28.8 Å². The summed E-state index contributed by atoms with van der Waals surface area (Å²) in [6.07, 6.45) is 0.530. The van der Waals surface area contributed by atoms with Crippen LogP contribution in [0.1, 0.15) is 31.9 Å². The zero-order valence-corrected chi connectivity index (χ0v) is 15.7. The predicted octanol–water partition coefficient (Wildman–Crippen LogP) is 4.59. The van der Waals surface area contributed by atoms with Gasteiger partial charge in [0.25, 0.3) is 0 Å². The van der Waals surface area contributed by atoms with Crippen molar-refractivity contribution in [2.75, 3.05) is 6.61 Å². The lowest BCUT2D eigenvalue weighted by molar-refractivity contribution is 0.293. The Morgan fingerprint density at radius 2 is 1.46 bits per heavy atom. The summed E-state index contributed by atoms with van der Waals surface area (Å²) in [5.41, 5.74) is 7.49. The van der Waals surface area contributed by atoms with Gasteiger partial charge in [-0.05, 0) is 43.3 Å². The Morgan fingerprint density at radius 1 is 0.958 bits per heavy atom. The van der Waals surface area contributed by atoms with Crippen LogP contribution in [0.15, 0.2) is 36.4 Å². The third-order valence-electron chi connectivity index (χ3n) is 3.05. The smallest absolute Gasteiger partial charge is 0.150 e. The summed E-state index contributed by atoms with van der Waals surface area (Å²) >= 11 is 12.1. The number of rotatable bonds is 6. The lowest BCUT2D eigenvalue weighted by Crippen LogP contribution is -2.24. The fourth-order valence-corrected chi connectivity index (χ4v) is 2.44. The highest BCUT2D eigenvalue weighted by Gasteiger charge is 2.11. The Labute approximate surface area is 153 Å². The third kappa shape index (κ3) is 6.21. The number of halogens is 2. The number of benzene rings is 2. The van der Waals surface area contributed by atoms with Gasteiger partial charge in [0.1, 0.15) is 18.1 Å². The Hall–Kier alpha value is -1.46. The first-order chi connectivity index (χ1) is 11.5. The summed E-state index contributed by atoms with van der Waals surface area (Å²) in [6, 6.07) is 10.6. The summed E-state index contributed by atoms with van der Waals surface area (Å²) in [4.78, 5) is 4.89. The Balaban J connectivity index is 0.00000139. The Morgan fingerprint density at radius 3 is 1.96 bits per heavy atom. The Kier molecular flexibility index (Phi) is 8.93. The minimum Gasteiger partial charge on any atom is -0.492 e. The van der Waals surface area contributed by atoms with Crippen molar-refractivity contribution in [2.24, 2.45) is 11.6 Å². The van der Waals surface area contributed by atoms with Gasteiger partial charge < -0.3 is 15.3 Å². The van der Waals surface area contributed by atoms with Crippen LogP contribution in [0.5, 0.6) is 11.5 Å². The predicted molar refractivity (Wildman–Crippen MR) is 101 cm³/mol. The largest absolute Gasteiger partial charge is 0.492 e. The fourth-order valence-electron chi connectivity index (χ4n) is 2.05. The first kappa shape index (κ1) is 20.6. The van der Waals surface area contributed by atoms with Crippen LogP contribution in [0.25, 0.3) is 0 Å². The van der Waals surface area contributed by atoms with E-state index in [-0.39, 0.29) is 6.04 Å². The maximum absolute atomic E-state index is 6.09. The van der Waals surface area contributed by atoms with E-state index in [2.05, 4.69) is 0 Å². The van der Waals surface area contributed by atoms with Crippen LogP contribution in [-0.2, 0) is 6.42 Å². The molecule has 0 spiro atoms. The van der Waals surface area contributed by atoms with Crippen molar-refractivity contribution in [1.29, 1.82) is 0 Å². The molecule has 2 aromatic rings. The Bertz CT molecular complexity index is 649. The van der Waals surface area contributed by atoms with E-state index in [4.69, 9.17) is 44.4 Å². The van der Waals surface area contributed by atoms with Gasteiger partial charge in [0, 0.05) is 33.6 Å². The monoisotopic (exact) mass is 370 g/mol. The molecule has 0 amide bonds. The average molecular weight is 371 g/mol. The molecule has 0 aliphatic heterocycles. The molecular formula is C18H24Cl2N2O2. The van der Waals surface area contributed by atoms with Crippen molar-refractivity contribution in [1.82, 2.24) is 0 Å². The van der Waals surface area contributed by atoms with Crippen molar-refractivity contribution >= 4 is 23.2 Å². The molecule has 0 saturated heterocycles. The number of hydrogen-bond donors (Lipinski definition) is 2. The number of nitrogens with two attached hydrogens (primary N) is 2. The number of ether oxygens (including phenoxy) is 1. The molecule has 0 radical (unpaired) electrons. The molecule has 2 aromatic carbocycles. The molecule has 0 aromatic heterocycles. The molecule has 4 N–H and O–H groups in total. The van der Waals surface area contributed by atoms with E-state index < -0.39 is 0 Å². The standard InChI is InChI=1S/C16H18Cl2N2O2.C2H6/c1-10(19)9-21-15-4-2-13(17)7-11(15)6-12-8-14(18)3-5-16(12)22-20;1-2/h2-5,7-8,10H,6,9,19-20H2,1H3;1-2H3/t10-;/m1./s1. The minimum absolute atomic E-state index is 0.0577. The minimum atomic E-state index is -0.0577. The molecular weight excluding hydrogens is 347 g/mol. The highest BCUT2D eigenvalue weighted by Crippen LogP contribution is 2.30. The summed E-state index contributed by atoms with van der Waals surface area (Å²) in [5.74, 6) is 6.59. The lowest BCUT2D eigenvalue weighted by atomic mass is 10.0. The first-order valence-electron chi connectivity index (χ1n) is 7.81. The lowest BCUT2D eigenvalue weighted by Gasteiger charge is -2.15. The maximum Gasteiger partial charge on any atom is 0.150 e. The van der Waals surface area contributed by atoms with Gasteiger partial charge >= 0.3 is 0 Å². The van der Waals surface area contributed by atoms with Crippen LogP contribution < -0.4 is 21.2 Å². The van der Waals surface area contributed by atoms with Crippen molar-refractivity contribution in [3.05, 3.63) is 57.6 Å². The normalized spacial score (nSPS) is 11.3. The summed E-state index contributed by atoms with van der Waals surface area (Å²) in [7, 11) is 0. The summed E-state index contributed by atoms with van der Waals surface area (Å²) in [6.45, 7) is 6.30. The second-order valence-electron chi connectivity index (χ2n) is 5.09. The SMILES string of the molecule is CC.C[C@@H](N)COc1ccc(Cl)cc1Cc1cc(Cl)ccc1ON. The molecule has 0 unspecified atom stereocenters. The van der Waals surface area contributed by atoms with Crippen LogP contribution in [0.2, 0.25) is 10.0 Å². The second kappa shape index (κ2) is 10.4. The molecule has 0 aliphatic rings. The zero-order valence-electron chi connectivity index (χ0n) is 14.2. The second-order valence-corrected chi connectivity index (χ2v) is 5.96. The quantitative estimate of drug-likeness (QED) is 0.729. The summed E-state index contributed by atoms with van der Waals surface area (Å²) < 4.78 is 5.74. The molecule has 1 atom stereocenters. The third-order valence-corrected chi connectivity index (χ3v) is 3.52. The number of hydrogen-bond acceptors (Lipinski definition) is 4. The van der Waals surface area contributed by atoms with Gasteiger partial charge in [0.2, 0.25) is 0 Å². The average Bonchev–Trinajstić information content (AvgIpc) is 2.56. The van der Waals surface area contributed by atoms with Gasteiger partial charge in [-0.1, -0.05) is 37.0 Å². The van der Waals surface area contributed by atoms with Gasteiger partial charge in [-0.3, -0.25) is 0 Å². The van der Waals surface area contributed by atoms with Crippen LogP contribution in [0.3, 0.4) is 0 Å². The van der Waals surface area contributed by atoms with Crippen LogP contribution in [0, 0.1) is 0 Å². The molecule has 4 nitrogen and oxygen atoms in total. The molecule has 0 heterocycles. The topological polar surface area (TPSA) is 70.5 Å². The van der Waals surface area contributed by atoms with E-state index in [1.807, 2.05) is 32.9 Å². The molecule has 0 fully saturated rings. The highest BCUT2D eigenvalue weighted by molar-refractivity contribution is 6.31. The van der Waals surface area contributed by atoms with E-state index in [1.54, 1.807) is 24.3 Å². The van der Waals surface area contributed by atoms with Gasteiger partial charge in [0.15, 0.2) is 0 Å². The van der Waals surface area contributed by atoms with Crippen LogP contribution in [0.4, 0.5) is 0 Å². The van der Waals surface area contributed by atoms with Gasteiger partial charge in [-0.2, -0.15) is 5.90 Å². The van der Waals surface area contributed by atoms with Crippen LogP contribution >= 0.6 is 23.2 Å². The fraction of sp³-hybridized carbons (Fsp3) is 0.333. The molecule has 0 saturated carbocycles. The highest BCUT2D eigenvalue weighted by atomic mass is 35.5. The van der Waals surface area contributed by atoms with Gasteiger partial charge in [0.05, 0.1) is 0 Å². The van der Waals surface area contributed by atoms with Crippen molar-refractivity contribution in [2.45, 2.75) is 33.2 Å². The van der Waals surface area contributed by atoms with E-state index in [9.17, 15) is 0 Å². The van der Waals surface area contributed by atoms with E-state index in [1.165, 1.54) is 0 Å². The van der Waals surface area contributed by atoms with Crippen molar-refractivity contribution < 1.29 is 9.57 Å². The van der Waals surface area contributed by atoms with E-state index in [0.717, 1.165) is 16.9 Å². The molecule has 24 heavy (non-hydrogen) atoms. The molecule has 132 valence electrons. The maximum atomic E-state index is 6.09. The van der Waals surface area contributed by atoms with E-state index >= 15 is 0 Å². The summed E-state index contributed by atoms with van der Waals surface area (Å²) in [5, 5.41) is 1.23. The van der Waals surface area contributed by atoms with Gasteiger partial charge in [-0.15, -0.1) is 0 Å². The molecule has 0 bridgehead atoms. The van der Waals surface area contributed by atoms with Crippen molar-refractivity contribution in [3.63, 3.8) is 0 Å². The molecule has 0 aliphatic carbocycles. The zero-order chi connectivity index (χ0) is 18.1. The molecule has 6 heteroatoms. The molecule has 2 rings (SSSR count). The first-order valence-corrected chi connectivity index (χ1v) is 8.57. The van der Waals surface area contributed by atoms with Gasteiger partial charge in [-0.25, -0.2) is 0 Å².